The molecule has 0 bridgehead atoms. The highest BCUT2D eigenvalue weighted by atomic mass is 35.5. The van der Waals surface area contributed by atoms with Gasteiger partial charge in [-0.05, 0) is 80.0 Å². The minimum Gasteiger partial charge on any atom is -0.353 e. The van der Waals surface area contributed by atoms with Gasteiger partial charge in [-0.1, -0.05) is 16.8 Å². The van der Waals surface area contributed by atoms with Gasteiger partial charge in [0.1, 0.15) is 0 Å². The normalized spacial score (nSPS) is 13.6. The molecule has 2 aromatic carbocycles. The Hall–Kier alpha value is -2.97. The molecule has 0 unspecified atom stereocenters. The summed E-state index contributed by atoms with van der Waals surface area (Å²) in [5, 5.41) is 11.2. The number of hydrogen-bond donors (Lipinski definition) is 2. The number of likely N-dealkylation sites (tertiary alicyclic amines) is 1. The van der Waals surface area contributed by atoms with Crippen molar-refractivity contribution in [1.29, 1.82) is 0 Å². The number of nitrogens with one attached hydrogen (secondary N) is 2. The van der Waals surface area contributed by atoms with Crippen molar-refractivity contribution >= 4 is 40.5 Å². The Morgan fingerprint density at radius 3 is 2.48 bits per heavy atom. The number of hydrogen-bond acceptors (Lipinski definition) is 5. The van der Waals surface area contributed by atoms with Gasteiger partial charge in [-0.25, -0.2) is 0 Å². The molecule has 0 spiro atoms. The summed E-state index contributed by atoms with van der Waals surface area (Å²) in [6.07, 6.45) is 3.35. The van der Waals surface area contributed by atoms with Crippen LogP contribution in [0, 0.1) is 0 Å². The summed E-state index contributed by atoms with van der Waals surface area (Å²) < 4.78 is 5.26. The van der Waals surface area contributed by atoms with E-state index >= 15 is 0 Å². The smallest absolute Gasteiger partial charge is 0.253 e. The lowest BCUT2D eigenvalue weighted by Crippen LogP contribution is -2.35. The Morgan fingerprint density at radius 2 is 1.77 bits per heavy atom. The number of amides is 1. The Morgan fingerprint density at radius 1 is 1.06 bits per heavy atom. The van der Waals surface area contributed by atoms with Gasteiger partial charge in [-0.2, -0.15) is 4.98 Å². The Bertz CT molecular complexity index is 1050. The molecule has 0 saturated carbocycles. The van der Waals surface area contributed by atoms with E-state index in [-0.39, 0.29) is 12.5 Å². The third-order valence-corrected chi connectivity index (χ3v) is 5.50. The summed E-state index contributed by atoms with van der Waals surface area (Å²) in [4.78, 5) is 18.8. The van der Waals surface area contributed by atoms with Crippen molar-refractivity contribution in [3.63, 3.8) is 0 Å². The van der Waals surface area contributed by atoms with Crippen LogP contribution in [0.15, 0.2) is 53.1 Å². The number of thiocarbonyl (C=S) groups is 1. The van der Waals surface area contributed by atoms with Crippen LogP contribution in [0.3, 0.4) is 0 Å². The van der Waals surface area contributed by atoms with E-state index in [2.05, 4.69) is 20.8 Å². The fourth-order valence-corrected chi connectivity index (χ4v) is 3.67. The van der Waals surface area contributed by atoms with Gasteiger partial charge in [0.15, 0.2) is 5.11 Å². The van der Waals surface area contributed by atoms with E-state index in [1.165, 1.54) is 6.42 Å². The summed E-state index contributed by atoms with van der Waals surface area (Å²) in [6.45, 7) is 1.96. The van der Waals surface area contributed by atoms with Crippen LogP contribution in [0.1, 0.15) is 35.5 Å². The van der Waals surface area contributed by atoms with Crippen molar-refractivity contribution in [2.75, 3.05) is 18.4 Å². The van der Waals surface area contributed by atoms with Crippen molar-refractivity contribution in [2.24, 2.45) is 0 Å². The molecule has 1 fully saturated rings. The summed E-state index contributed by atoms with van der Waals surface area (Å²) in [5.74, 6) is 0.984. The highest BCUT2D eigenvalue weighted by Gasteiger charge is 2.18. The molecule has 0 atom stereocenters. The van der Waals surface area contributed by atoms with E-state index in [1.807, 2.05) is 41.3 Å². The number of halogens is 1. The van der Waals surface area contributed by atoms with Gasteiger partial charge in [-0.3, -0.25) is 4.79 Å². The van der Waals surface area contributed by atoms with Crippen LogP contribution in [0.5, 0.6) is 0 Å². The molecule has 7 nitrogen and oxygen atoms in total. The Kier molecular flexibility index (Phi) is 6.79. The second kappa shape index (κ2) is 9.89. The molecule has 4 rings (SSSR count). The molecule has 1 aliphatic rings. The third kappa shape index (κ3) is 5.59. The first kappa shape index (κ1) is 21.3. The van der Waals surface area contributed by atoms with E-state index in [1.54, 1.807) is 12.1 Å². The zero-order valence-corrected chi connectivity index (χ0v) is 18.4. The topological polar surface area (TPSA) is 83.3 Å². The molecule has 9 heteroatoms. The first-order chi connectivity index (χ1) is 15.1. The summed E-state index contributed by atoms with van der Waals surface area (Å²) in [7, 11) is 0. The maximum absolute atomic E-state index is 12.6. The number of carbonyl (C=O) groups is 1. The zero-order chi connectivity index (χ0) is 21.6. The van der Waals surface area contributed by atoms with E-state index in [0.717, 1.165) is 37.2 Å². The molecule has 3 aromatic rings. The summed E-state index contributed by atoms with van der Waals surface area (Å²) in [6, 6.07) is 14.5. The van der Waals surface area contributed by atoms with Crippen LogP contribution in [-0.4, -0.2) is 39.1 Å². The number of anilines is 1. The predicted molar refractivity (Wildman–Crippen MR) is 124 cm³/mol. The predicted octanol–water partition coefficient (Wildman–Crippen LogP) is 4.50. The van der Waals surface area contributed by atoms with Gasteiger partial charge in [-0.15, -0.1) is 0 Å². The van der Waals surface area contributed by atoms with Crippen molar-refractivity contribution < 1.29 is 9.32 Å². The molecule has 0 radical (unpaired) electrons. The molecule has 160 valence electrons. The fourth-order valence-electron chi connectivity index (χ4n) is 3.35. The second-order valence-electron chi connectivity index (χ2n) is 7.26. The van der Waals surface area contributed by atoms with Crippen molar-refractivity contribution in [1.82, 2.24) is 20.4 Å². The Labute approximate surface area is 190 Å². The molecular formula is C22H22ClN5O2S. The van der Waals surface area contributed by atoms with Crippen molar-refractivity contribution in [3.05, 3.63) is 65.0 Å². The SMILES string of the molecule is O=C(c1ccc(NC(=S)NCc2nc(-c3ccc(Cl)cc3)no2)cc1)N1CCCCC1. The number of rotatable bonds is 5. The zero-order valence-electron chi connectivity index (χ0n) is 16.8. The minimum absolute atomic E-state index is 0.0832. The molecule has 0 aliphatic carbocycles. The average Bonchev–Trinajstić information content (AvgIpc) is 3.28. The van der Waals surface area contributed by atoms with Crippen LogP contribution in [0.2, 0.25) is 5.02 Å². The molecule has 1 aromatic heterocycles. The first-order valence-electron chi connectivity index (χ1n) is 10.1. The molecule has 1 aliphatic heterocycles. The highest BCUT2D eigenvalue weighted by Crippen LogP contribution is 2.19. The van der Waals surface area contributed by atoms with E-state index in [4.69, 9.17) is 28.3 Å². The summed E-state index contributed by atoms with van der Waals surface area (Å²) in [5.41, 5.74) is 2.30. The van der Waals surface area contributed by atoms with Crippen molar-refractivity contribution in [3.8, 4) is 11.4 Å². The largest absolute Gasteiger partial charge is 0.353 e. The third-order valence-electron chi connectivity index (χ3n) is 5.00. The van der Waals surface area contributed by atoms with Crippen LogP contribution in [-0.2, 0) is 6.54 Å². The lowest BCUT2D eigenvalue weighted by Gasteiger charge is -2.26. The molecule has 2 heterocycles. The van der Waals surface area contributed by atoms with E-state index in [9.17, 15) is 4.79 Å². The minimum atomic E-state index is 0.0832. The quantitative estimate of drug-likeness (QED) is 0.548. The fraction of sp³-hybridized carbons (Fsp3) is 0.273. The number of aromatic nitrogens is 2. The molecule has 2 N–H and O–H groups in total. The van der Waals surface area contributed by atoms with Crippen LogP contribution in [0.25, 0.3) is 11.4 Å². The average molecular weight is 456 g/mol. The first-order valence-corrected chi connectivity index (χ1v) is 10.9. The number of nitrogens with zero attached hydrogens (tertiary/aromatic N) is 3. The molecular weight excluding hydrogens is 434 g/mol. The molecule has 1 amide bonds. The maximum Gasteiger partial charge on any atom is 0.253 e. The monoisotopic (exact) mass is 455 g/mol. The number of piperidine rings is 1. The van der Waals surface area contributed by atoms with Crippen LogP contribution in [0.4, 0.5) is 5.69 Å². The Balaban J connectivity index is 1.28. The number of benzene rings is 2. The molecule has 1 saturated heterocycles. The highest BCUT2D eigenvalue weighted by molar-refractivity contribution is 7.80. The van der Waals surface area contributed by atoms with Gasteiger partial charge < -0.3 is 20.1 Å². The van der Waals surface area contributed by atoms with E-state index in [0.29, 0.717) is 27.4 Å². The van der Waals surface area contributed by atoms with Crippen LogP contribution >= 0.6 is 23.8 Å². The van der Waals surface area contributed by atoms with E-state index < -0.39 is 0 Å². The summed E-state index contributed by atoms with van der Waals surface area (Å²) >= 11 is 11.2. The van der Waals surface area contributed by atoms with Gasteiger partial charge in [0.05, 0.1) is 6.54 Å². The lowest BCUT2D eigenvalue weighted by molar-refractivity contribution is 0.0724. The van der Waals surface area contributed by atoms with Crippen LogP contribution < -0.4 is 10.6 Å². The number of carbonyl (C=O) groups excluding carboxylic acids is 1. The lowest BCUT2D eigenvalue weighted by atomic mass is 10.1. The van der Waals surface area contributed by atoms with Gasteiger partial charge >= 0.3 is 0 Å². The molecule has 31 heavy (non-hydrogen) atoms. The van der Waals surface area contributed by atoms with Crippen molar-refractivity contribution in [2.45, 2.75) is 25.8 Å². The van der Waals surface area contributed by atoms with Gasteiger partial charge in [0.25, 0.3) is 5.91 Å². The second-order valence-corrected chi connectivity index (χ2v) is 8.10. The standard InChI is InChI=1S/C22H22ClN5O2S/c23-17-8-4-15(5-9-17)20-26-19(30-27-20)14-24-22(31)25-18-10-6-16(7-11-18)21(29)28-12-2-1-3-13-28/h4-11H,1-3,12-14H2,(H2,24,25,31). The van der Waals surface area contributed by atoms with Gasteiger partial charge in [0, 0.05) is 34.9 Å². The van der Waals surface area contributed by atoms with Gasteiger partial charge in [0.2, 0.25) is 11.7 Å². The maximum atomic E-state index is 12.6.